The molecule has 4 aromatic rings. The fraction of sp³-hybridized carbons (Fsp3) is 0.520. The SMILES string of the molecule is CC[C@H](C)Nc1cc(C(=O)N[C@@H](Cc2ccccc2)[C@H](O)[C@@H]2NCCC2(F)F)cc(N(C)S(C)(=O)=O)n1.CC[C@H](C)Nc1cc(C(=O)N[C@@H](Cc2ccccc2)[C@H](O)[C@@H]2NCC[C@@H]2F)cc(N(C)S(C)(=O)=O)n1.Cl.Cl. The van der Waals surface area contributed by atoms with Crippen LogP contribution in [0, 0.1) is 0 Å². The summed E-state index contributed by atoms with van der Waals surface area (Å²) in [5.41, 5.74) is 1.87. The highest BCUT2D eigenvalue weighted by molar-refractivity contribution is 7.92. The molecule has 2 saturated heterocycles. The summed E-state index contributed by atoms with van der Waals surface area (Å²) in [5.74, 6) is -3.57. The zero-order valence-electron chi connectivity index (χ0n) is 43.3. The van der Waals surface area contributed by atoms with E-state index in [0.29, 0.717) is 18.8 Å². The number of sulfonamides is 2. The first-order valence-electron chi connectivity index (χ1n) is 24.3. The number of pyridine rings is 2. The van der Waals surface area contributed by atoms with Gasteiger partial charge in [0.15, 0.2) is 0 Å². The van der Waals surface area contributed by atoms with Crippen molar-refractivity contribution in [3.05, 3.63) is 107 Å². The van der Waals surface area contributed by atoms with Crippen LogP contribution in [0.1, 0.15) is 85.2 Å². The highest BCUT2D eigenvalue weighted by atomic mass is 35.5. The molecule has 0 radical (unpaired) electrons. The van der Waals surface area contributed by atoms with Crippen LogP contribution in [-0.4, -0.2) is 149 Å². The molecule has 18 nitrogen and oxygen atoms in total. The number of alkyl halides is 3. The second-order valence-corrected chi connectivity index (χ2v) is 22.8. The molecule has 9 atom stereocenters. The van der Waals surface area contributed by atoms with Crippen molar-refractivity contribution in [1.82, 2.24) is 31.2 Å². The fourth-order valence-electron chi connectivity index (χ4n) is 8.15. The zero-order valence-corrected chi connectivity index (χ0v) is 46.6. The number of aromatic nitrogens is 2. The number of aliphatic hydroxyl groups excluding tert-OH is 2. The first-order chi connectivity index (χ1) is 34.3. The van der Waals surface area contributed by atoms with Gasteiger partial charge in [-0.05, 0) is 87.9 Å². The third-order valence-corrected chi connectivity index (χ3v) is 15.4. The lowest BCUT2D eigenvalue weighted by atomic mass is 9.93. The molecule has 418 valence electrons. The molecule has 0 unspecified atom stereocenters. The Bertz CT molecular complexity index is 2690. The summed E-state index contributed by atoms with van der Waals surface area (Å²) >= 11 is 0. The Morgan fingerprint density at radius 3 is 1.47 bits per heavy atom. The van der Waals surface area contributed by atoms with Crippen LogP contribution in [0.5, 0.6) is 0 Å². The van der Waals surface area contributed by atoms with E-state index in [9.17, 15) is 49.8 Å². The summed E-state index contributed by atoms with van der Waals surface area (Å²) in [6, 6.07) is 19.9. The number of rotatable bonds is 22. The Balaban J connectivity index is 0.000000385. The zero-order chi connectivity index (χ0) is 53.8. The van der Waals surface area contributed by atoms with Gasteiger partial charge < -0.3 is 42.1 Å². The van der Waals surface area contributed by atoms with E-state index in [1.54, 1.807) is 30.3 Å². The van der Waals surface area contributed by atoms with Gasteiger partial charge in [-0.15, -0.1) is 24.8 Å². The summed E-state index contributed by atoms with van der Waals surface area (Å²) in [6.45, 7) is 8.31. The largest absolute Gasteiger partial charge is 0.389 e. The Labute approximate surface area is 451 Å². The van der Waals surface area contributed by atoms with Crippen molar-refractivity contribution < 1.29 is 49.8 Å². The third kappa shape index (κ3) is 18.3. The van der Waals surface area contributed by atoms with Crippen LogP contribution in [0.2, 0.25) is 0 Å². The predicted molar refractivity (Wildman–Crippen MR) is 294 cm³/mol. The molecule has 8 N–H and O–H groups in total. The number of carbonyl (C=O) groups is 2. The van der Waals surface area contributed by atoms with Gasteiger partial charge in [0, 0.05) is 50.3 Å². The second kappa shape index (κ2) is 28.4. The van der Waals surface area contributed by atoms with Crippen molar-refractivity contribution in [1.29, 1.82) is 0 Å². The lowest BCUT2D eigenvalue weighted by Crippen LogP contribution is -2.56. The van der Waals surface area contributed by atoms with Gasteiger partial charge in [-0.2, -0.15) is 0 Å². The van der Waals surface area contributed by atoms with Crippen LogP contribution in [0.4, 0.5) is 36.4 Å². The first kappa shape index (κ1) is 64.3. The topological polar surface area (TPSA) is 247 Å². The Hall–Kier alpha value is -5.01. The molecule has 2 aromatic carbocycles. The van der Waals surface area contributed by atoms with Gasteiger partial charge in [0.1, 0.15) is 29.4 Å². The van der Waals surface area contributed by atoms with E-state index < -0.39 is 86.8 Å². The van der Waals surface area contributed by atoms with Crippen LogP contribution in [0.15, 0.2) is 84.9 Å². The predicted octanol–water partition coefficient (Wildman–Crippen LogP) is 5.32. The number of aliphatic hydroxyl groups is 2. The van der Waals surface area contributed by atoms with Crippen molar-refractivity contribution in [2.75, 3.05) is 58.9 Å². The van der Waals surface area contributed by atoms with Crippen LogP contribution in [0.3, 0.4) is 0 Å². The molecule has 2 aromatic heterocycles. The standard InChI is InChI=1S/C25H35F2N5O4S.C25H36FN5O4S.2ClH/c1-5-16(2)29-20-14-18(15-21(31-20)32(3)37(4,35)36)24(34)30-19(13-17-9-7-6-8-10-17)22(33)23-25(26,27)11-12-28-23;1-5-16(2)28-21-14-18(15-22(30-21)31(3)36(4,34)35)25(33)29-20(13-17-9-7-6-8-10-17)24(32)23-19(26)11-12-27-23;;/h6-10,14-16,19,22-23,28,33H,5,11-13H2,1-4H3,(H,29,31)(H,30,34);6-10,14-16,19-20,23-24,27,32H,5,11-13H2,1-4H3,(H,28,30)(H,29,33);2*1H/t16-,19-,22-,23-;16-,19-,20-,23+,24-;;/m00../s1. The highest BCUT2D eigenvalue weighted by Gasteiger charge is 2.50. The molecule has 0 saturated carbocycles. The van der Waals surface area contributed by atoms with Crippen molar-refractivity contribution >= 4 is 79.9 Å². The summed E-state index contributed by atoms with van der Waals surface area (Å²) in [6.07, 6.45) is -0.0781. The molecule has 2 aliphatic rings. The van der Waals surface area contributed by atoms with E-state index in [-0.39, 0.29) is 84.9 Å². The number of hydrogen-bond acceptors (Lipinski definition) is 14. The molecular formula is C50H73Cl2F3N10O8S2. The number of halogens is 5. The monoisotopic (exact) mass is 1130 g/mol. The van der Waals surface area contributed by atoms with E-state index in [1.165, 1.54) is 32.3 Å². The fourth-order valence-corrected chi connectivity index (χ4v) is 9.02. The van der Waals surface area contributed by atoms with Crippen molar-refractivity contribution in [3.63, 3.8) is 0 Å². The van der Waals surface area contributed by atoms with Gasteiger partial charge in [0.05, 0.1) is 48.9 Å². The van der Waals surface area contributed by atoms with E-state index >= 15 is 0 Å². The van der Waals surface area contributed by atoms with Gasteiger partial charge in [-0.1, -0.05) is 74.5 Å². The molecule has 75 heavy (non-hydrogen) atoms. The Kier molecular flexibility index (Phi) is 24.3. The molecule has 0 spiro atoms. The van der Waals surface area contributed by atoms with Crippen LogP contribution >= 0.6 is 24.8 Å². The maximum absolute atomic E-state index is 14.5. The van der Waals surface area contributed by atoms with E-state index in [0.717, 1.165) is 45.1 Å². The summed E-state index contributed by atoms with van der Waals surface area (Å²) in [7, 11) is -4.61. The minimum absolute atomic E-state index is 0. The summed E-state index contributed by atoms with van der Waals surface area (Å²) < 4.78 is 93.9. The summed E-state index contributed by atoms with van der Waals surface area (Å²) in [5, 5.41) is 39.6. The molecule has 0 aliphatic carbocycles. The number of nitrogens with one attached hydrogen (secondary N) is 6. The smallest absolute Gasteiger partial charge is 0.266 e. The lowest BCUT2D eigenvalue weighted by Gasteiger charge is -2.31. The van der Waals surface area contributed by atoms with Crippen LogP contribution in [-0.2, 0) is 32.9 Å². The number of hydrogen-bond donors (Lipinski definition) is 8. The number of anilines is 4. The molecular weight excluding hydrogens is 1060 g/mol. The Morgan fingerprint density at radius 2 is 1.12 bits per heavy atom. The summed E-state index contributed by atoms with van der Waals surface area (Å²) in [4.78, 5) is 35.5. The maximum atomic E-state index is 14.5. The lowest BCUT2D eigenvalue weighted by molar-refractivity contribution is -0.0606. The number of nitrogens with zero attached hydrogens (tertiary/aromatic N) is 4. The van der Waals surface area contributed by atoms with Gasteiger partial charge in [0.25, 0.3) is 17.7 Å². The Morgan fingerprint density at radius 1 is 0.707 bits per heavy atom. The van der Waals surface area contributed by atoms with Gasteiger partial charge in [-0.3, -0.25) is 18.2 Å². The highest BCUT2D eigenvalue weighted by Crippen LogP contribution is 2.32. The van der Waals surface area contributed by atoms with Crippen molar-refractivity contribution in [2.45, 2.75) is 127 Å². The van der Waals surface area contributed by atoms with Crippen molar-refractivity contribution in [3.8, 4) is 0 Å². The quantitative estimate of drug-likeness (QED) is 0.0497. The normalized spacial score (nSPS) is 19.5. The van der Waals surface area contributed by atoms with Gasteiger partial charge in [-0.25, -0.2) is 40.0 Å². The number of benzene rings is 2. The minimum Gasteiger partial charge on any atom is -0.389 e. The molecule has 25 heteroatoms. The number of carbonyl (C=O) groups excluding carboxylic acids is 2. The average Bonchev–Trinajstić information content (AvgIpc) is 3.95. The van der Waals surface area contributed by atoms with E-state index in [4.69, 9.17) is 0 Å². The van der Waals surface area contributed by atoms with E-state index in [1.807, 2.05) is 64.1 Å². The average molecular weight is 1130 g/mol. The number of amides is 2. The van der Waals surface area contributed by atoms with E-state index in [2.05, 4.69) is 41.9 Å². The third-order valence-electron chi connectivity index (χ3n) is 13.0. The minimum atomic E-state index is -3.67. The van der Waals surface area contributed by atoms with Gasteiger partial charge in [0.2, 0.25) is 20.0 Å². The molecule has 2 aliphatic heterocycles. The van der Waals surface area contributed by atoms with Crippen LogP contribution in [0.25, 0.3) is 0 Å². The molecule has 4 heterocycles. The first-order valence-corrected chi connectivity index (χ1v) is 28.0. The van der Waals surface area contributed by atoms with Crippen molar-refractivity contribution in [2.24, 2.45) is 0 Å². The molecule has 2 fully saturated rings. The van der Waals surface area contributed by atoms with Gasteiger partial charge >= 0.3 is 0 Å². The molecule has 0 bridgehead atoms. The maximum Gasteiger partial charge on any atom is 0.266 e. The molecule has 6 rings (SSSR count). The molecule has 2 amide bonds. The second-order valence-electron chi connectivity index (χ2n) is 18.8. The van der Waals surface area contributed by atoms with Crippen LogP contribution < -0.4 is 40.5 Å².